The summed E-state index contributed by atoms with van der Waals surface area (Å²) >= 11 is 3.09. The maximum atomic E-state index is 12.0. The highest BCUT2D eigenvalue weighted by Crippen LogP contribution is 2.26. The summed E-state index contributed by atoms with van der Waals surface area (Å²) in [6.45, 7) is -0.0797. The van der Waals surface area contributed by atoms with E-state index >= 15 is 0 Å². The second-order valence-corrected chi connectivity index (χ2v) is 7.02. The molecule has 1 amide bonds. The number of nitrogens with one attached hydrogen (secondary N) is 1. The van der Waals surface area contributed by atoms with Crippen LogP contribution in [0.3, 0.4) is 0 Å². The number of anilines is 1. The van der Waals surface area contributed by atoms with E-state index in [1.54, 1.807) is 43.1 Å². The SMILES string of the molecule is COc1ccc(OCC(=O)Nc2nc(-c3ccc(SC)cc3)cs2)cc1. The van der Waals surface area contributed by atoms with Gasteiger partial charge in [0, 0.05) is 15.8 Å². The molecule has 0 atom stereocenters. The summed E-state index contributed by atoms with van der Waals surface area (Å²) < 4.78 is 10.5. The molecular formula is C19H18N2O3S2. The van der Waals surface area contributed by atoms with E-state index in [4.69, 9.17) is 9.47 Å². The van der Waals surface area contributed by atoms with Crippen LogP contribution < -0.4 is 14.8 Å². The van der Waals surface area contributed by atoms with E-state index in [0.29, 0.717) is 10.9 Å². The van der Waals surface area contributed by atoms with Gasteiger partial charge in [0.2, 0.25) is 0 Å². The number of amides is 1. The first-order valence-corrected chi connectivity index (χ1v) is 9.95. The molecular weight excluding hydrogens is 368 g/mol. The first kappa shape index (κ1) is 18.3. The van der Waals surface area contributed by atoms with Crippen molar-refractivity contribution in [2.45, 2.75) is 4.90 Å². The quantitative estimate of drug-likeness (QED) is 0.603. The van der Waals surface area contributed by atoms with Gasteiger partial charge in [-0.15, -0.1) is 23.1 Å². The van der Waals surface area contributed by atoms with Gasteiger partial charge in [-0.3, -0.25) is 10.1 Å². The zero-order chi connectivity index (χ0) is 18.4. The number of hydrogen-bond acceptors (Lipinski definition) is 6. The van der Waals surface area contributed by atoms with E-state index in [0.717, 1.165) is 17.0 Å². The molecule has 0 spiro atoms. The van der Waals surface area contributed by atoms with Crippen molar-refractivity contribution >= 4 is 34.1 Å². The topological polar surface area (TPSA) is 60.5 Å². The number of nitrogens with zero attached hydrogens (tertiary/aromatic N) is 1. The van der Waals surface area contributed by atoms with Gasteiger partial charge in [0.25, 0.3) is 5.91 Å². The highest BCUT2D eigenvalue weighted by atomic mass is 32.2. The molecule has 5 nitrogen and oxygen atoms in total. The Labute approximate surface area is 160 Å². The summed E-state index contributed by atoms with van der Waals surface area (Å²) in [6, 6.07) is 15.2. The number of carbonyl (C=O) groups excluding carboxylic acids is 1. The van der Waals surface area contributed by atoms with Crippen LogP contribution in [0.5, 0.6) is 11.5 Å². The molecule has 0 bridgehead atoms. The standard InChI is InChI=1S/C19H18N2O3S2/c1-23-14-5-7-15(8-6-14)24-11-18(22)21-19-20-17(12-26-19)13-3-9-16(25-2)10-4-13/h3-10,12H,11H2,1-2H3,(H,20,21,22). The minimum atomic E-state index is -0.251. The Kier molecular flexibility index (Phi) is 6.14. The molecule has 0 fully saturated rings. The van der Waals surface area contributed by atoms with Crippen molar-refractivity contribution < 1.29 is 14.3 Å². The molecule has 1 N–H and O–H groups in total. The largest absolute Gasteiger partial charge is 0.497 e. The Morgan fingerprint density at radius 2 is 1.81 bits per heavy atom. The molecule has 0 saturated heterocycles. The number of thioether (sulfide) groups is 1. The third-order valence-electron chi connectivity index (χ3n) is 3.57. The normalized spacial score (nSPS) is 10.4. The third kappa shape index (κ3) is 4.77. The summed E-state index contributed by atoms with van der Waals surface area (Å²) in [7, 11) is 1.60. The molecule has 134 valence electrons. The van der Waals surface area contributed by atoms with E-state index in [-0.39, 0.29) is 12.5 Å². The zero-order valence-corrected chi connectivity index (χ0v) is 16.0. The lowest BCUT2D eigenvalue weighted by Crippen LogP contribution is -2.20. The lowest BCUT2D eigenvalue weighted by Gasteiger charge is -2.06. The van der Waals surface area contributed by atoms with E-state index < -0.39 is 0 Å². The summed E-state index contributed by atoms with van der Waals surface area (Å²) in [4.78, 5) is 17.7. The first-order chi connectivity index (χ1) is 12.7. The zero-order valence-electron chi connectivity index (χ0n) is 14.4. The number of methoxy groups -OCH3 is 1. The minimum absolute atomic E-state index is 0.0797. The number of thiazole rings is 1. The Balaban J connectivity index is 1.55. The number of hydrogen-bond donors (Lipinski definition) is 1. The molecule has 2 aromatic carbocycles. The smallest absolute Gasteiger partial charge is 0.264 e. The van der Waals surface area contributed by atoms with Crippen LogP contribution in [0.15, 0.2) is 58.8 Å². The maximum absolute atomic E-state index is 12.0. The monoisotopic (exact) mass is 386 g/mol. The second-order valence-electron chi connectivity index (χ2n) is 5.28. The molecule has 0 aliphatic carbocycles. The van der Waals surface area contributed by atoms with Gasteiger partial charge in [-0.25, -0.2) is 4.98 Å². The van der Waals surface area contributed by atoms with E-state index in [9.17, 15) is 4.79 Å². The van der Waals surface area contributed by atoms with Crippen molar-refractivity contribution in [3.05, 3.63) is 53.9 Å². The first-order valence-electron chi connectivity index (χ1n) is 7.84. The number of ether oxygens (including phenoxy) is 2. The maximum Gasteiger partial charge on any atom is 0.264 e. The van der Waals surface area contributed by atoms with Gasteiger partial charge in [-0.2, -0.15) is 0 Å². The van der Waals surface area contributed by atoms with E-state index in [1.165, 1.54) is 16.2 Å². The van der Waals surface area contributed by atoms with Gasteiger partial charge < -0.3 is 9.47 Å². The van der Waals surface area contributed by atoms with Crippen molar-refractivity contribution in [2.75, 3.05) is 25.3 Å². The van der Waals surface area contributed by atoms with Crippen molar-refractivity contribution in [2.24, 2.45) is 0 Å². The molecule has 0 radical (unpaired) electrons. The predicted molar refractivity (Wildman–Crippen MR) is 106 cm³/mol. The molecule has 0 aliphatic heterocycles. The average Bonchev–Trinajstić information content (AvgIpc) is 3.15. The second kappa shape index (κ2) is 8.73. The Bertz CT molecular complexity index is 861. The van der Waals surface area contributed by atoms with Crippen LogP contribution >= 0.6 is 23.1 Å². The molecule has 1 heterocycles. The van der Waals surface area contributed by atoms with Gasteiger partial charge in [0.1, 0.15) is 11.5 Å². The van der Waals surface area contributed by atoms with Gasteiger partial charge >= 0.3 is 0 Å². The minimum Gasteiger partial charge on any atom is -0.497 e. The molecule has 7 heteroatoms. The highest BCUT2D eigenvalue weighted by molar-refractivity contribution is 7.98. The van der Waals surface area contributed by atoms with Gasteiger partial charge in [0.15, 0.2) is 11.7 Å². The average molecular weight is 386 g/mol. The lowest BCUT2D eigenvalue weighted by molar-refractivity contribution is -0.118. The van der Waals surface area contributed by atoms with Gasteiger partial charge in [0.05, 0.1) is 12.8 Å². The summed E-state index contributed by atoms with van der Waals surface area (Å²) in [5, 5.41) is 5.24. The van der Waals surface area contributed by atoms with Crippen LogP contribution in [0.1, 0.15) is 0 Å². The van der Waals surface area contributed by atoms with Gasteiger partial charge in [-0.05, 0) is 42.7 Å². The predicted octanol–water partition coefficient (Wildman–Crippen LogP) is 4.56. The highest BCUT2D eigenvalue weighted by Gasteiger charge is 2.09. The molecule has 0 unspecified atom stereocenters. The number of aromatic nitrogens is 1. The molecule has 3 aromatic rings. The van der Waals surface area contributed by atoms with Crippen molar-refractivity contribution in [3.8, 4) is 22.8 Å². The fourth-order valence-corrected chi connectivity index (χ4v) is 3.35. The summed E-state index contributed by atoms with van der Waals surface area (Å²) in [5.74, 6) is 1.09. The molecule has 0 aliphatic rings. The Morgan fingerprint density at radius 3 is 2.46 bits per heavy atom. The fraction of sp³-hybridized carbons (Fsp3) is 0.158. The van der Waals surface area contributed by atoms with Crippen LogP contribution in [0.4, 0.5) is 5.13 Å². The number of carbonyl (C=O) groups is 1. The Hall–Kier alpha value is -2.51. The number of benzene rings is 2. The molecule has 26 heavy (non-hydrogen) atoms. The van der Waals surface area contributed by atoms with Crippen LogP contribution in [-0.4, -0.2) is 30.9 Å². The van der Waals surface area contributed by atoms with Crippen LogP contribution in [0, 0.1) is 0 Å². The third-order valence-corrected chi connectivity index (χ3v) is 5.07. The molecule has 0 saturated carbocycles. The van der Waals surface area contributed by atoms with Crippen molar-refractivity contribution in [1.29, 1.82) is 0 Å². The number of rotatable bonds is 7. The van der Waals surface area contributed by atoms with Crippen LogP contribution in [0.25, 0.3) is 11.3 Å². The van der Waals surface area contributed by atoms with Crippen molar-refractivity contribution in [1.82, 2.24) is 4.98 Å². The van der Waals surface area contributed by atoms with Crippen molar-refractivity contribution in [3.63, 3.8) is 0 Å². The molecule has 3 rings (SSSR count). The van der Waals surface area contributed by atoms with Crippen LogP contribution in [0.2, 0.25) is 0 Å². The van der Waals surface area contributed by atoms with Crippen LogP contribution in [-0.2, 0) is 4.79 Å². The summed E-state index contributed by atoms with van der Waals surface area (Å²) in [6.07, 6.45) is 2.04. The lowest BCUT2D eigenvalue weighted by atomic mass is 10.2. The van der Waals surface area contributed by atoms with E-state index in [1.807, 2.05) is 23.8 Å². The molecule has 1 aromatic heterocycles. The fourth-order valence-electron chi connectivity index (χ4n) is 2.20. The summed E-state index contributed by atoms with van der Waals surface area (Å²) in [5.41, 5.74) is 1.86. The van der Waals surface area contributed by atoms with Gasteiger partial charge in [-0.1, -0.05) is 12.1 Å². The Morgan fingerprint density at radius 1 is 1.12 bits per heavy atom. The van der Waals surface area contributed by atoms with E-state index in [2.05, 4.69) is 22.4 Å².